The number of rotatable bonds is 2. The Hall–Kier alpha value is -0.990. The van der Waals surface area contributed by atoms with Crippen molar-refractivity contribution >= 4 is 34.2 Å². The molecule has 0 unspecified atom stereocenters. The first-order chi connectivity index (χ1) is 6.16. The van der Waals surface area contributed by atoms with E-state index in [-0.39, 0.29) is 10.6 Å². The summed E-state index contributed by atoms with van der Waals surface area (Å²) in [5.41, 5.74) is 1.71. The second-order valence-corrected chi connectivity index (χ2v) is 2.93. The van der Waals surface area contributed by atoms with E-state index in [0.717, 1.165) is 5.54 Å². The molecule has 4 heteroatoms. The molecular weight excluding hydrogens is 211 g/mol. The van der Waals surface area contributed by atoms with Crippen molar-refractivity contribution in [3.63, 3.8) is 0 Å². The van der Waals surface area contributed by atoms with E-state index < -0.39 is 5.97 Å². The molecule has 0 fully saturated rings. The summed E-state index contributed by atoms with van der Waals surface area (Å²) in [4.78, 5) is 10.7. The fraction of sp³-hybridized carbons (Fsp3) is 0. The SMILES string of the molecule is O=C(O)c1ccccc1/C(Cl)=C/Cl. The number of halogens is 2. The molecule has 1 aromatic carbocycles. The van der Waals surface area contributed by atoms with Gasteiger partial charge < -0.3 is 5.11 Å². The monoisotopic (exact) mass is 216 g/mol. The third kappa shape index (κ3) is 2.23. The molecule has 13 heavy (non-hydrogen) atoms. The molecule has 0 aliphatic carbocycles. The van der Waals surface area contributed by atoms with Crippen LogP contribution in [0.4, 0.5) is 0 Å². The van der Waals surface area contributed by atoms with Gasteiger partial charge in [0.1, 0.15) is 0 Å². The van der Waals surface area contributed by atoms with E-state index in [1.54, 1.807) is 18.2 Å². The van der Waals surface area contributed by atoms with Crippen molar-refractivity contribution in [2.24, 2.45) is 0 Å². The van der Waals surface area contributed by atoms with Crippen LogP contribution in [0, 0.1) is 0 Å². The summed E-state index contributed by atoms with van der Waals surface area (Å²) in [5, 5.41) is 9.00. The summed E-state index contributed by atoms with van der Waals surface area (Å²) in [6.45, 7) is 0. The Bertz CT molecular complexity index is 358. The Kier molecular flexibility index (Phi) is 3.34. The minimum Gasteiger partial charge on any atom is -0.478 e. The molecule has 0 radical (unpaired) electrons. The second kappa shape index (κ2) is 4.30. The molecule has 1 aromatic rings. The highest BCUT2D eigenvalue weighted by atomic mass is 35.5. The van der Waals surface area contributed by atoms with E-state index in [0.29, 0.717) is 5.56 Å². The van der Waals surface area contributed by atoms with Crippen LogP contribution >= 0.6 is 23.2 Å². The van der Waals surface area contributed by atoms with Crippen LogP contribution in [-0.4, -0.2) is 11.1 Å². The van der Waals surface area contributed by atoms with Crippen LogP contribution in [0.15, 0.2) is 29.8 Å². The topological polar surface area (TPSA) is 37.3 Å². The molecular formula is C9H6Cl2O2. The van der Waals surface area contributed by atoms with Crippen LogP contribution in [0.3, 0.4) is 0 Å². The molecule has 1 rings (SSSR count). The molecule has 0 amide bonds. The average molecular weight is 217 g/mol. The van der Waals surface area contributed by atoms with Gasteiger partial charge in [-0.1, -0.05) is 41.4 Å². The van der Waals surface area contributed by atoms with Gasteiger partial charge in [-0.2, -0.15) is 0 Å². The third-order valence-corrected chi connectivity index (χ3v) is 2.15. The first-order valence-electron chi connectivity index (χ1n) is 3.45. The summed E-state index contributed by atoms with van der Waals surface area (Å²) < 4.78 is 0. The molecule has 0 aliphatic rings. The normalized spacial score (nSPS) is 11.4. The van der Waals surface area contributed by atoms with Crippen molar-refractivity contribution in [2.75, 3.05) is 0 Å². The van der Waals surface area contributed by atoms with Gasteiger partial charge >= 0.3 is 5.97 Å². The van der Waals surface area contributed by atoms with Gasteiger partial charge in [0, 0.05) is 11.1 Å². The summed E-state index contributed by atoms with van der Waals surface area (Å²) >= 11 is 11.1. The summed E-state index contributed by atoms with van der Waals surface area (Å²) in [7, 11) is 0. The van der Waals surface area contributed by atoms with E-state index >= 15 is 0 Å². The lowest BCUT2D eigenvalue weighted by molar-refractivity contribution is 0.0696. The van der Waals surface area contributed by atoms with Crippen LogP contribution in [-0.2, 0) is 0 Å². The molecule has 68 valence electrons. The Morgan fingerprint density at radius 3 is 2.31 bits per heavy atom. The van der Waals surface area contributed by atoms with E-state index in [9.17, 15) is 4.79 Å². The number of hydrogen-bond donors (Lipinski definition) is 1. The van der Waals surface area contributed by atoms with Gasteiger partial charge in [-0.15, -0.1) is 0 Å². The molecule has 0 aromatic heterocycles. The number of carbonyl (C=O) groups is 1. The fourth-order valence-electron chi connectivity index (χ4n) is 0.937. The molecule has 0 saturated carbocycles. The van der Waals surface area contributed by atoms with Gasteiger partial charge in [-0.25, -0.2) is 4.79 Å². The van der Waals surface area contributed by atoms with E-state index in [1.807, 2.05) is 0 Å². The molecule has 0 heterocycles. The quantitative estimate of drug-likeness (QED) is 0.825. The maximum atomic E-state index is 10.7. The summed E-state index contributed by atoms with van der Waals surface area (Å²) in [6, 6.07) is 6.40. The van der Waals surface area contributed by atoms with Gasteiger partial charge in [0.25, 0.3) is 0 Å². The third-order valence-electron chi connectivity index (χ3n) is 1.51. The number of carboxylic acids is 1. The van der Waals surface area contributed by atoms with E-state index in [2.05, 4.69) is 0 Å². The van der Waals surface area contributed by atoms with Crippen molar-refractivity contribution in [3.05, 3.63) is 40.9 Å². The standard InChI is InChI=1S/C9H6Cl2O2/c10-5-8(11)6-3-1-2-4-7(6)9(12)13/h1-5H,(H,12,13)/b8-5-. The lowest BCUT2D eigenvalue weighted by atomic mass is 10.1. The van der Waals surface area contributed by atoms with Gasteiger partial charge in [0.05, 0.1) is 10.6 Å². The van der Waals surface area contributed by atoms with Crippen LogP contribution < -0.4 is 0 Å². The average Bonchev–Trinajstić information content (AvgIpc) is 2.16. The fourth-order valence-corrected chi connectivity index (χ4v) is 1.22. The number of benzene rings is 1. The zero-order chi connectivity index (χ0) is 9.84. The van der Waals surface area contributed by atoms with Gasteiger partial charge in [0.2, 0.25) is 0 Å². The van der Waals surface area contributed by atoms with Gasteiger partial charge in [-0.3, -0.25) is 0 Å². The molecule has 2 nitrogen and oxygen atoms in total. The first kappa shape index (κ1) is 10.1. The smallest absolute Gasteiger partial charge is 0.336 e. The summed E-state index contributed by atoms with van der Waals surface area (Å²) in [6.07, 6.45) is 0. The predicted molar refractivity (Wildman–Crippen MR) is 53.1 cm³/mol. The highest BCUT2D eigenvalue weighted by Crippen LogP contribution is 2.23. The maximum absolute atomic E-state index is 10.7. The van der Waals surface area contributed by atoms with Crippen molar-refractivity contribution in [2.45, 2.75) is 0 Å². The van der Waals surface area contributed by atoms with Crippen molar-refractivity contribution in [1.29, 1.82) is 0 Å². The predicted octanol–water partition coefficient (Wildman–Crippen LogP) is 3.16. The second-order valence-electron chi connectivity index (χ2n) is 2.31. The van der Waals surface area contributed by atoms with E-state index in [1.165, 1.54) is 6.07 Å². The van der Waals surface area contributed by atoms with Crippen molar-refractivity contribution in [1.82, 2.24) is 0 Å². The Morgan fingerprint density at radius 1 is 1.31 bits per heavy atom. The minimum atomic E-state index is -1.02. The van der Waals surface area contributed by atoms with Crippen LogP contribution in [0.1, 0.15) is 15.9 Å². The van der Waals surface area contributed by atoms with Crippen molar-refractivity contribution in [3.8, 4) is 0 Å². The number of carboxylic acid groups (broad SMARTS) is 1. The van der Waals surface area contributed by atoms with Crippen molar-refractivity contribution < 1.29 is 9.90 Å². The molecule has 0 atom stereocenters. The molecule has 0 aliphatic heterocycles. The van der Waals surface area contributed by atoms with Crippen LogP contribution in [0.5, 0.6) is 0 Å². The Balaban J connectivity index is 3.28. The molecule has 0 spiro atoms. The molecule has 1 N–H and O–H groups in total. The van der Waals surface area contributed by atoms with Crippen LogP contribution in [0.25, 0.3) is 5.03 Å². The zero-order valence-electron chi connectivity index (χ0n) is 6.50. The lowest BCUT2D eigenvalue weighted by Gasteiger charge is -2.02. The number of hydrogen-bond acceptors (Lipinski definition) is 1. The zero-order valence-corrected chi connectivity index (χ0v) is 8.01. The number of aromatic carboxylic acids is 1. The highest BCUT2D eigenvalue weighted by molar-refractivity contribution is 6.53. The lowest BCUT2D eigenvalue weighted by Crippen LogP contribution is -1.99. The Labute approximate surface area is 85.4 Å². The maximum Gasteiger partial charge on any atom is 0.336 e. The molecule has 0 bridgehead atoms. The molecule has 0 saturated heterocycles. The van der Waals surface area contributed by atoms with Gasteiger partial charge in [-0.05, 0) is 6.07 Å². The summed E-state index contributed by atoms with van der Waals surface area (Å²) in [5.74, 6) is -1.02. The first-order valence-corrected chi connectivity index (χ1v) is 4.27. The largest absolute Gasteiger partial charge is 0.478 e. The van der Waals surface area contributed by atoms with E-state index in [4.69, 9.17) is 28.3 Å². The Morgan fingerprint density at radius 2 is 1.85 bits per heavy atom. The highest BCUT2D eigenvalue weighted by Gasteiger charge is 2.10. The van der Waals surface area contributed by atoms with Gasteiger partial charge in [0.15, 0.2) is 0 Å². The van der Waals surface area contributed by atoms with Crippen LogP contribution in [0.2, 0.25) is 0 Å². The minimum absolute atomic E-state index is 0.143.